The van der Waals surface area contributed by atoms with E-state index in [1.807, 2.05) is 48.7 Å². The van der Waals surface area contributed by atoms with E-state index < -0.39 is 0 Å². The summed E-state index contributed by atoms with van der Waals surface area (Å²) in [5.41, 5.74) is 7.41. The van der Waals surface area contributed by atoms with Crippen LogP contribution >= 0.6 is 0 Å². The number of benzene rings is 6. The van der Waals surface area contributed by atoms with E-state index in [1.165, 1.54) is 21.5 Å². The molecular formula is C43H27N5O. The topological polar surface area (TPSA) is 75.7 Å². The fourth-order valence-corrected chi connectivity index (χ4v) is 7.17. The first-order chi connectivity index (χ1) is 24.3. The zero-order chi connectivity index (χ0) is 32.3. The molecule has 1 N–H and O–H groups in total. The molecule has 0 spiro atoms. The molecule has 6 heteroatoms. The zero-order valence-corrected chi connectivity index (χ0v) is 26.2. The number of nitrogens with one attached hydrogen (secondary N) is 1. The summed E-state index contributed by atoms with van der Waals surface area (Å²) < 4.78 is 6.13. The smallest absolute Gasteiger partial charge is 0.228 e. The molecule has 230 valence electrons. The molecule has 1 atom stereocenters. The Labute approximate surface area is 281 Å². The number of furan rings is 1. The second-order valence-electron chi connectivity index (χ2n) is 12.3. The van der Waals surface area contributed by atoms with Gasteiger partial charge in [0.15, 0.2) is 5.84 Å². The van der Waals surface area contributed by atoms with Crippen molar-refractivity contribution < 1.29 is 4.42 Å². The van der Waals surface area contributed by atoms with Gasteiger partial charge in [0.1, 0.15) is 17.6 Å². The van der Waals surface area contributed by atoms with Gasteiger partial charge in [0.2, 0.25) is 5.71 Å². The van der Waals surface area contributed by atoms with Gasteiger partial charge in [-0.15, -0.1) is 0 Å². The second kappa shape index (κ2) is 11.0. The van der Waals surface area contributed by atoms with Crippen LogP contribution in [0.1, 0.15) is 22.9 Å². The third-order valence-electron chi connectivity index (χ3n) is 9.45. The largest absolute Gasteiger partial charge is 0.438 e. The number of hydrogen-bond acceptors (Lipinski definition) is 6. The first-order valence-electron chi connectivity index (χ1n) is 16.3. The number of rotatable bonds is 4. The maximum Gasteiger partial charge on any atom is 0.228 e. The van der Waals surface area contributed by atoms with Crippen LogP contribution in [0.25, 0.3) is 65.6 Å². The molecule has 3 aromatic heterocycles. The molecule has 1 unspecified atom stereocenters. The van der Waals surface area contributed by atoms with Gasteiger partial charge in [0, 0.05) is 34.3 Å². The van der Waals surface area contributed by atoms with Crippen LogP contribution in [0.2, 0.25) is 0 Å². The Balaban J connectivity index is 1.16. The van der Waals surface area contributed by atoms with Gasteiger partial charge in [0.25, 0.3) is 0 Å². The van der Waals surface area contributed by atoms with Crippen LogP contribution in [0.15, 0.2) is 166 Å². The van der Waals surface area contributed by atoms with Crippen LogP contribution < -0.4 is 5.32 Å². The fourth-order valence-electron chi connectivity index (χ4n) is 7.17. The Morgan fingerprint density at radius 1 is 0.551 bits per heavy atom. The Bertz CT molecular complexity index is 2820. The standard InChI is InChI=1S/C43H27N5O/c1-2-10-27(11-3-1)40-46-41(48-42(47-40)35-22-24-45-43-39(35)34-15-6-7-16-37(34)49-43)29-13-8-12-28(25-29)31-21-23-44-36-20-19-32-30-14-5-4-9-26(30)17-18-33(32)38(31)36/h1-25,40H,(H,46,47,48). The van der Waals surface area contributed by atoms with Crippen molar-refractivity contribution in [3.63, 3.8) is 0 Å². The van der Waals surface area contributed by atoms with Crippen LogP contribution in [0, 0.1) is 0 Å². The highest BCUT2D eigenvalue weighted by Gasteiger charge is 2.24. The molecule has 4 heterocycles. The van der Waals surface area contributed by atoms with Gasteiger partial charge in [-0.25, -0.2) is 15.0 Å². The van der Waals surface area contributed by atoms with Crippen LogP contribution in [0.3, 0.4) is 0 Å². The number of nitrogens with zero attached hydrogens (tertiary/aromatic N) is 4. The van der Waals surface area contributed by atoms with Gasteiger partial charge in [-0.2, -0.15) is 0 Å². The quantitative estimate of drug-likeness (QED) is 0.197. The number of aliphatic imine (C=N–C) groups is 2. The number of pyridine rings is 2. The van der Waals surface area contributed by atoms with E-state index >= 15 is 0 Å². The summed E-state index contributed by atoms with van der Waals surface area (Å²) in [6.45, 7) is 0. The normalized spacial score (nSPS) is 14.7. The van der Waals surface area contributed by atoms with Crippen molar-refractivity contribution in [1.82, 2.24) is 15.3 Å². The Kier molecular flexibility index (Phi) is 6.14. The molecule has 0 aliphatic carbocycles. The van der Waals surface area contributed by atoms with E-state index in [0.29, 0.717) is 11.5 Å². The van der Waals surface area contributed by atoms with Crippen molar-refractivity contribution in [3.8, 4) is 11.1 Å². The SMILES string of the molecule is c1ccc(C2N=C(c3cccc(-c4ccnc5ccc6c7ccccc7ccc6c45)c3)N=C(c3ccnc4oc5ccccc5c34)N2)cc1. The molecule has 10 rings (SSSR count). The molecule has 1 aliphatic heterocycles. The van der Waals surface area contributed by atoms with Crippen LogP contribution in [-0.2, 0) is 0 Å². The van der Waals surface area contributed by atoms with Gasteiger partial charge in [0.05, 0.1) is 10.9 Å². The summed E-state index contributed by atoms with van der Waals surface area (Å²) in [4.78, 5) is 19.7. The lowest BCUT2D eigenvalue weighted by atomic mass is 9.93. The minimum Gasteiger partial charge on any atom is -0.438 e. The van der Waals surface area contributed by atoms with Crippen molar-refractivity contribution in [1.29, 1.82) is 0 Å². The summed E-state index contributed by atoms with van der Waals surface area (Å²) in [6.07, 6.45) is 3.33. The van der Waals surface area contributed by atoms with Crippen LogP contribution in [0.4, 0.5) is 0 Å². The molecule has 6 nitrogen and oxygen atoms in total. The molecule has 6 aromatic carbocycles. The number of para-hydroxylation sites is 1. The lowest BCUT2D eigenvalue weighted by Gasteiger charge is -2.24. The minimum absolute atomic E-state index is 0.340. The monoisotopic (exact) mass is 629 g/mol. The molecule has 0 saturated heterocycles. The molecule has 1 aliphatic rings. The first-order valence-corrected chi connectivity index (χ1v) is 16.3. The van der Waals surface area contributed by atoms with Crippen molar-refractivity contribution in [2.45, 2.75) is 6.17 Å². The summed E-state index contributed by atoms with van der Waals surface area (Å²) in [6, 6.07) is 48.2. The summed E-state index contributed by atoms with van der Waals surface area (Å²) in [5, 5.41) is 11.5. The van der Waals surface area contributed by atoms with Gasteiger partial charge >= 0.3 is 0 Å². The van der Waals surface area contributed by atoms with Crippen molar-refractivity contribution in [2.75, 3.05) is 0 Å². The van der Waals surface area contributed by atoms with Gasteiger partial charge in [-0.1, -0.05) is 109 Å². The lowest BCUT2D eigenvalue weighted by Crippen LogP contribution is -2.33. The van der Waals surface area contributed by atoms with Crippen LogP contribution in [0.5, 0.6) is 0 Å². The number of fused-ring (bicyclic) bond motifs is 8. The highest BCUT2D eigenvalue weighted by Crippen LogP contribution is 2.37. The molecule has 0 fully saturated rings. The third kappa shape index (κ3) is 4.49. The maximum atomic E-state index is 6.13. The highest BCUT2D eigenvalue weighted by molar-refractivity contribution is 6.22. The molecular weight excluding hydrogens is 603 g/mol. The summed E-state index contributed by atoms with van der Waals surface area (Å²) in [7, 11) is 0. The number of hydrogen-bond donors (Lipinski definition) is 1. The molecule has 49 heavy (non-hydrogen) atoms. The molecule has 0 bridgehead atoms. The summed E-state index contributed by atoms with van der Waals surface area (Å²) in [5.74, 6) is 1.37. The van der Waals surface area contributed by atoms with Gasteiger partial charge < -0.3 is 9.73 Å². The number of amidine groups is 2. The lowest BCUT2D eigenvalue weighted by molar-refractivity contribution is 0.653. The Hall–Kier alpha value is -6.66. The van der Waals surface area contributed by atoms with E-state index in [2.05, 4.69) is 107 Å². The predicted molar refractivity (Wildman–Crippen MR) is 199 cm³/mol. The van der Waals surface area contributed by atoms with Crippen LogP contribution in [-0.4, -0.2) is 21.6 Å². The van der Waals surface area contributed by atoms with Crippen molar-refractivity contribution in [3.05, 3.63) is 169 Å². The molecule has 0 radical (unpaired) electrons. The molecule has 9 aromatic rings. The second-order valence-corrected chi connectivity index (χ2v) is 12.3. The van der Waals surface area contributed by atoms with E-state index in [9.17, 15) is 0 Å². The van der Waals surface area contributed by atoms with E-state index in [0.717, 1.165) is 60.9 Å². The van der Waals surface area contributed by atoms with E-state index in [1.54, 1.807) is 6.20 Å². The van der Waals surface area contributed by atoms with Gasteiger partial charge in [-0.05, 0) is 68.6 Å². The van der Waals surface area contributed by atoms with Crippen molar-refractivity contribution in [2.24, 2.45) is 9.98 Å². The third-order valence-corrected chi connectivity index (χ3v) is 9.45. The Morgan fingerprint density at radius 3 is 2.27 bits per heavy atom. The molecule has 0 amide bonds. The minimum atomic E-state index is -0.340. The fraction of sp³-hybridized carbons (Fsp3) is 0.0233. The highest BCUT2D eigenvalue weighted by atomic mass is 16.3. The van der Waals surface area contributed by atoms with E-state index in [-0.39, 0.29) is 6.17 Å². The average Bonchev–Trinajstić information content (AvgIpc) is 3.57. The average molecular weight is 630 g/mol. The number of aromatic nitrogens is 2. The summed E-state index contributed by atoms with van der Waals surface area (Å²) >= 11 is 0. The molecule has 0 saturated carbocycles. The van der Waals surface area contributed by atoms with E-state index in [4.69, 9.17) is 19.4 Å². The van der Waals surface area contributed by atoms with Crippen molar-refractivity contribution >= 4 is 66.2 Å². The predicted octanol–water partition coefficient (Wildman–Crippen LogP) is 10.00. The first kappa shape index (κ1) is 27.5. The maximum absolute atomic E-state index is 6.13. The van der Waals surface area contributed by atoms with Gasteiger partial charge in [-0.3, -0.25) is 4.98 Å². The zero-order valence-electron chi connectivity index (χ0n) is 26.2. The Morgan fingerprint density at radius 2 is 1.33 bits per heavy atom.